The second-order valence-electron chi connectivity index (χ2n) is 8.44. The van der Waals surface area contributed by atoms with Gasteiger partial charge in [0.1, 0.15) is 0 Å². The average molecular weight is 432 g/mol. The number of benzene rings is 1. The molecule has 31 heavy (non-hydrogen) atoms. The van der Waals surface area contributed by atoms with E-state index < -0.39 is 11.7 Å². The third kappa shape index (κ3) is 4.59. The molecule has 0 unspecified atom stereocenters. The summed E-state index contributed by atoms with van der Waals surface area (Å²) in [6, 6.07) is 5.50. The minimum absolute atomic E-state index is 0.0922. The summed E-state index contributed by atoms with van der Waals surface area (Å²) in [6.07, 6.45) is 0.0113. The molecule has 166 valence electrons. The van der Waals surface area contributed by atoms with Gasteiger partial charge in [0.15, 0.2) is 5.82 Å². The number of aryl methyl sites for hydroxylation is 2. The summed E-state index contributed by atoms with van der Waals surface area (Å²) in [6.45, 7) is 7.15. The normalized spacial score (nSPS) is 18.5. The number of piperidine rings is 1. The lowest BCUT2D eigenvalue weighted by atomic mass is 10.0. The van der Waals surface area contributed by atoms with Crippen molar-refractivity contribution in [3.05, 3.63) is 46.8 Å². The van der Waals surface area contributed by atoms with Crippen LogP contribution in [0.25, 0.3) is 11.4 Å². The number of halogens is 3. The first-order valence-electron chi connectivity index (χ1n) is 10.8. The van der Waals surface area contributed by atoms with Crippen molar-refractivity contribution in [2.45, 2.75) is 51.7 Å². The molecule has 0 N–H and O–H groups in total. The highest BCUT2D eigenvalue weighted by Crippen LogP contribution is 2.32. The Morgan fingerprint density at radius 2 is 1.61 bits per heavy atom. The first-order chi connectivity index (χ1) is 14.7. The molecule has 0 saturated carbocycles. The Morgan fingerprint density at radius 3 is 2.19 bits per heavy atom. The smallest absolute Gasteiger partial charge is 0.338 e. The fourth-order valence-corrected chi connectivity index (χ4v) is 4.69. The molecule has 2 aromatic rings. The molecule has 0 atom stereocenters. The van der Waals surface area contributed by atoms with Crippen LogP contribution in [0.3, 0.4) is 0 Å². The van der Waals surface area contributed by atoms with Crippen molar-refractivity contribution in [2.24, 2.45) is 0 Å². The van der Waals surface area contributed by atoms with Crippen molar-refractivity contribution in [2.75, 3.05) is 26.2 Å². The summed E-state index contributed by atoms with van der Waals surface area (Å²) in [4.78, 5) is 26.3. The number of aromatic nitrogens is 2. The molecule has 5 nitrogen and oxygen atoms in total. The highest BCUT2D eigenvalue weighted by Gasteiger charge is 2.32. The van der Waals surface area contributed by atoms with Crippen LogP contribution >= 0.6 is 0 Å². The second-order valence-corrected chi connectivity index (χ2v) is 8.44. The maximum atomic E-state index is 13.2. The van der Waals surface area contributed by atoms with E-state index in [1.54, 1.807) is 19.9 Å². The summed E-state index contributed by atoms with van der Waals surface area (Å²) < 4.78 is 39.2. The predicted octanol–water partition coefficient (Wildman–Crippen LogP) is 4.48. The van der Waals surface area contributed by atoms with E-state index in [1.807, 2.05) is 4.90 Å². The van der Waals surface area contributed by atoms with Crippen LogP contribution in [0.2, 0.25) is 0 Å². The lowest BCUT2D eigenvalue weighted by Crippen LogP contribution is -2.46. The number of hydrogen-bond acceptors (Lipinski definition) is 4. The molecule has 2 aliphatic heterocycles. The standard InChI is InChI=1S/C23H27F3N4O/c1-15-20(22(31)30-12-8-19(9-13-30)29-10-3-4-11-29)16(2)28-21(27-15)17-6-5-7-18(14-17)23(24,25)26/h5-7,14,19H,3-4,8-13H2,1-2H3. The number of carbonyl (C=O) groups is 1. The van der Waals surface area contributed by atoms with Gasteiger partial charge in [0.05, 0.1) is 22.5 Å². The van der Waals surface area contributed by atoms with Crippen LogP contribution in [0.15, 0.2) is 24.3 Å². The van der Waals surface area contributed by atoms with E-state index in [2.05, 4.69) is 14.9 Å². The highest BCUT2D eigenvalue weighted by molar-refractivity contribution is 5.96. The first kappa shape index (κ1) is 21.7. The van der Waals surface area contributed by atoms with Gasteiger partial charge in [-0.25, -0.2) is 9.97 Å². The van der Waals surface area contributed by atoms with Gasteiger partial charge in [-0.3, -0.25) is 4.79 Å². The van der Waals surface area contributed by atoms with E-state index in [-0.39, 0.29) is 17.3 Å². The zero-order chi connectivity index (χ0) is 22.2. The van der Waals surface area contributed by atoms with E-state index in [0.29, 0.717) is 36.1 Å². The van der Waals surface area contributed by atoms with Gasteiger partial charge >= 0.3 is 6.18 Å². The molecular weight excluding hydrogens is 405 g/mol. The summed E-state index contributed by atoms with van der Waals surface area (Å²) in [5.41, 5.74) is 0.977. The van der Waals surface area contributed by atoms with Gasteiger partial charge in [-0.1, -0.05) is 12.1 Å². The van der Waals surface area contributed by atoms with Crippen LogP contribution in [0.4, 0.5) is 13.2 Å². The number of nitrogens with zero attached hydrogens (tertiary/aromatic N) is 4. The molecule has 3 heterocycles. The predicted molar refractivity (Wildman–Crippen MR) is 112 cm³/mol. The molecule has 2 saturated heterocycles. The lowest BCUT2D eigenvalue weighted by Gasteiger charge is -2.37. The fourth-order valence-electron chi connectivity index (χ4n) is 4.69. The molecule has 1 aromatic carbocycles. The van der Waals surface area contributed by atoms with Crippen molar-refractivity contribution in [3.63, 3.8) is 0 Å². The van der Waals surface area contributed by atoms with Gasteiger partial charge in [-0.2, -0.15) is 13.2 Å². The zero-order valence-electron chi connectivity index (χ0n) is 17.9. The van der Waals surface area contributed by atoms with E-state index in [0.717, 1.165) is 38.1 Å². The van der Waals surface area contributed by atoms with E-state index in [9.17, 15) is 18.0 Å². The summed E-state index contributed by atoms with van der Waals surface area (Å²) in [7, 11) is 0. The second kappa shape index (κ2) is 8.57. The molecule has 0 aliphatic carbocycles. The van der Waals surface area contributed by atoms with Crippen molar-refractivity contribution in [3.8, 4) is 11.4 Å². The summed E-state index contributed by atoms with van der Waals surface area (Å²) >= 11 is 0. The van der Waals surface area contributed by atoms with Crippen LogP contribution in [0.5, 0.6) is 0 Å². The first-order valence-corrected chi connectivity index (χ1v) is 10.8. The van der Waals surface area contributed by atoms with E-state index in [1.165, 1.54) is 18.9 Å². The molecule has 8 heteroatoms. The quantitative estimate of drug-likeness (QED) is 0.718. The monoisotopic (exact) mass is 432 g/mol. The lowest BCUT2D eigenvalue weighted by molar-refractivity contribution is -0.137. The number of amides is 1. The van der Waals surface area contributed by atoms with Gasteiger partial charge < -0.3 is 9.80 Å². The minimum atomic E-state index is -4.43. The molecule has 2 aliphatic rings. The van der Waals surface area contributed by atoms with Crippen molar-refractivity contribution >= 4 is 5.91 Å². The fraction of sp³-hybridized carbons (Fsp3) is 0.522. The molecule has 4 rings (SSSR count). The van der Waals surface area contributed by atoms with Gasteiger partial charge in [0.25, 0.3) is 5.91 Å². The Kier molecular flexibility index (Phi) is 6.01. The van der Waals surface area contributed by atoms with Crippen LogP contribution in [-0.4, -0.2) is 57.9 Å². The van der Waals surface area contributed by atoms with Gasteiger partial charge in [0.2, 0.25) is 0 Å². The number of hydrogen-bond donors (Lipinski definition) is 0. The third-order valence-electron chi connectivity index (χ3n) is 6.34. The number of alkyl halides is 3. The van der Waals surface area contributed by atoms with Gasteiger partial charge in [-0.15, -0.1) is 0 Å². The molecule has 2 fully saturated rings. The minimum Gasteiger partial charge on any atom is -0.338 e. The Balaban J connectivity index is 1.52. The Morgan fingerprint density at radius 1 is 1.00 bits per heavy atom. The Labute approximate surface area is 180 Å². The van der Waals surface area contributed by atoms with Crippen LogP contribution in [-0.2, 0) is 6.18 Å². The number of likely N-dealkylation sites (tertiary alicyclic amines) is 2. The van der Waals surface area contributed by atoms with Crippen LogP contribution in [0.1, 0.15) is 53.0 Å². The largest absolute Gasteiger partial charge is 0.416 e. The number of rotatable bonds is 3. The third-order valence-corrected chi connectivity index (χ3v) is 6.34. The molecule has 0 bridgehead atoms. The summed E-state index contributed by atoms with van der Waals surface area (Å²) in [5.74, 6) is 0.107. The Hall–Kier alpha value is -2.48. The van der Waals surface area contributed by atoms with Crippen LogP contribution < -0.4 is 0 Å². The average Bonchev–Trinajstić information content (AvgIpc) is 3.27. The van der Waals surface area contributed by atoms with Crippen LogP contribution in [0, 0.1) is 13.8 Å². The molecule has 0 radical (unpaired) electrons. The number of carbonyl (C=O) groups excluding carboxylic acids is 1. The summed E-state index contributed by atoms with van der Waals surface area (Å²) in [5, 5.41) is 0. The van der Waals surface area contributed by atoms with E-state index >= 15 is 0 Å². The van der Waals surface area contributed by atoms with Gasteiger partial charge in [0, 0.05) is 24.7 Å². The van der Waals surface area contributed by atoms with E-state index in [4.69, 9.17) is 0 Å². The zero-order valence-corrected chi connectivity index (χ0v) is 17.9. The topological polar surface area (TPSA) is 49.3 Å². The van der Waals surface area contributed by atoms with Crippen molar-refractivity contribution in [1.82, 2.24) is 19.8 Å². The molecule has 0 spiro atoms. The molecule has 1 aromatic heterocycles. The Bertz CT molecular complexity index is 939. The SMILES string of the molecule is Cc1nc(-c2cccc(C(F)(F)F)c2)nc(C)c1C(=O)N1CCC(N2CCCC2)CC1. The molecular formula is C23H27F3N4O. The van der Waals surface area contributed by atoms with Crippen molar-refractivity contribution in [1.29, 1.82) is 0 Å². The van der Waals surface area contributed by atoms with Crippen molar-refractivity contribution < 1.29 is 18.0 Å². The van der Waals surface area contributed by atoms with Gasteiger partial charge in [-0.05, 0) is 64.8 Å². The molecule has 1 amide bonds. The maximum Gasteiger partial charge on any atom is 0.416 e. The maximum absolute atomic E-state index is 13.2. The highest BCUT2D eigenvalue weighted by atomic mass is 19.4.